The third-order valence-corrected chi connectivity index (χ3v) is 2.61. The van der Waals surface area contributed by atoms with Gasteiger partial charge in [-0.25, -0.2) is 0 Å². The van der Waals surface area contributed by atoms with Gasteiger partial charge in [-0.05, 0) is 19.1 Å². The number of nitrogens with one attached hydrogen (secondary N) is 2. The van der Waals surface area contributed by atoms with Crippen molar-refractivity contribution < 1.29 is 9.59 Å². The van der Waals surface area contributed by atoms with E-state index in [1.807, 2.05) is 12.1 Å². The fraction of sp³-hybridized carbons (Fsp3) is 0.167. The van der Waals surface area contributed by atoms with Crippen molar-refractivity contribution >= 4 is 22.7 Å². The van der Waals surface area contributed by atoms with Crippen LogP contribution in [0.1, 0.15) is 17.3 Å². The van der Waals surface area contributed by atoms with Gasteiger partial charge < -0.3 is 16.0 Å². The first-order valence-corrected chi connectivity index (χ1v) is 5.26. The number of carbonyl (C=O) groups is 2. The van der Waals surface area contributed by atoms with Crippen LogP contribution in [0, 0.1) is 0 Å². The van der Waals surface area contributed by atoms with E-state index in [9.17, 15) is 9.59 Å². The number of hydrogen-bond acceptors (Lipinski definition) is 2. The minimum atomic E-state index is -0.687. The molecule has 2 amide bonds. The quantitative estimate of drug-likeness (QED) is 0.728. The van der Waals surface area contributed by atoms with E-state index in [1.54, 1.807) is 25.3 Å². The van der Waals surface area contributed by atoms with Crippen molar-refractivity contribution in [2.45, 2.75) is 13.0 Å². The normalized spacial score (nSPS) is 12.3. The summed E-state index contributed by atoms with van der Waals surface area (Å²) in [6.07, 6.45) is 1.76. The van der Waals surface area contributed by atoms with Crippen LogP contribution in [0.2, 0.25) is 0 Å². The van der Waals surface area contributed by atoms with Crippen molar-refractivity contribution in [2.75, 3.05) is 0 Å². The van der Waals surface area contributed by atoms with Crippen LogP contribution in [0.5, 0.6) is 0 Å². The third kappa shape index (κ3) is 2.13. The fourth-order valence-electron chi connectivity index (χ4n) is 1.62. The highest BCUT2D eigenvalue weighted by atomic mass is 16.2. The summed E-state index contributed by atoms with van der Waals surface area (Å²) in [6.45, 7) is 1.55. The predicted molar refractivity (Wildman–Crippen MR) is 64.4 cm³/mol. The number of primary amides is 1. The summed E-state index contributed by atoms with van der Waals surface area (Å²) in [5.74, 6) is -0.874. The fourth-order valence-corrected chi connectivity index (χ4v) is 1.62. The lowest BCUT2D eigenvalue weighted by Gasteiger charge is -2.10. The molecule has 5 nitrogen and oxygen atoms in total. The molecule has 1 unspecified atom stereocenters. The first-order valence-electron chi connectivity index (χ1n) is 5.26. The van der Waals surface area contributed by atoms with Crippen molar-refractivity contribution in [1.29, 1.82) is 0 Å². The van der Waals surface area contributed by atoms with Gasteiger partial charge in [0.25, 0.3) is 5.91 Å². The highest BCUT2D eigenvalue weighted by molar-refractivity contribution is 6.06. The maximum Gasteiger partial charge on any atom is 0.254 e. The molecule has 0 radical (unpaired) electrons. The van der Waals surface area contributed by atoms with Crippen LogP contribution in [0.3, 0.4) is 0 Å². The van der Waals surface area contributed by atoms with E-state index in [2.05, 4.69) is 10.3 Å². The SMILES string of the molecule is CC(NC(=O)c1cccc2cc[nH]c12)C(N)=O. The molecule has 2 aromatic rings. The summed E-state index contributed by atoms with van der Waals surface area (Å²) >= 11 is 0. The summed E-state index contributed by atoms with van der Waals surface area (Å²) in [5.41, 5.74) is 6.35. The molecule has 17 heavy (non-hydrogen) atoms. The molecular weight excluding hydrogens is 218 g/mol. The number of nitrogens with two attached hydrogens (primary N) is 1. The largest absolute Gasteiger partial charge is 0.368 e. The van der Waals surface area contributed by atoms with Gasteiger partial charge in [0.15, 0.2) is 0 Å². The second-order valence-electron chi connectivity index (χ2n) is 3.84. The monoisotopic (exact) mass is 231 g/mol. The summed E-state index contributed by atoms with van der Waals surface area (Å²) in [7, 11) is 0. The number of para-hydroxylation sites is 1. The molecule has 0 aliphatic rings. The molecule has 1 aromatic heterocycles. The van der Waals surface area contributed by atoms with Gasteiger partial charge >= 0.3 is 0 Å². The minimum absolute atomic E-state index is 0.315. The Morgan fingerprint density at radius 1 is 1.35 bits per heavy atom. The molecule has 1 aromatic carbocycles. The number of carbonyl (C=O) groups excluding carboxylic acids is 2. The number of benzene rings is 1. The average molecular weight is 231 g/mol. The zero-order valence-corrected chi connectivity index (χ0v) is 9.36. The van der Waals surface area contributed by atoms with Crippen LogP contribution >= 0.6 is 0 Å². The van der Waals surface area contributed by atoms with E-state index in [1.165, 1.54) is 0 Å². The van der Waals surface area contributed by atoms with Crippen LogP contribution in [0.25, 0.3) is 10.9 Å². The Kier molecular flexibility index (Phi) is 2.82. The molecule has 5 heteroatoms. The summed E-state index contributed by atoms with van der Waals surface area (Å²) in [6, 6.07) is 6.58. The van der Waals surface area contributed by atoms with Gasteiger partial charge in [-0.2, -0.15) is 0 Å². The number of rotatable bonds is 3. The number of fused-ring (bicyclic) bond motifs is 1. The lowest BCUT2D eigenvalue weighted by Crippen LogP contribution is -2.42. The zero-order valence-electron chi connectivity index (χ0n) is 9.36. The topological polar surface area (TPSA) is 88.0 Å². The van der Waals surface area contributed by atoms with Crippen molar-refractivity contribution in [3.63, 3.8) is 0 Å². The molecular formula is C12H13N3O2. The molecule has 1 atom stereocenters. The molecule has 2 rings (SSSR count). The molecule has 0 aliphatic carbocycles. The maximum atomic E-state index is 11.9. The highest BCUT2D eigenvalue weighted by Crippen LogP contribution is 2.16. The molecule has 0 bridgehead atoms. The second-order valence-corrected chi connectivity index (χ2v) is 3.84. The van der Waals surface area contributed by atoms with Crippen LogP contribution in [-0.2, 0) is 4.79 Å². The standard InChI is InChI=1S/C12H13N3O2/c1-7(11(13)16)15-12(17)9-4-2-3-8-5-6-14-10(8)9/h2-7,14H,1H3,(H2,13,16)(H,15,17). The van der Waals surface area contributed by atoms with Crippen molar-refractivity contribution in [2.24, 2.45) is 5.73 Å². The van der Waals surface area contributed by atoms with Gasteiger partial charge in [-0.15, -0.1) is 0 Å². The highest BCUT2D eigenvalue weighted by Gasteiger charge is 2.15. The van der Waals surface area contributed by atoms with Gasteiger partial charge in [-0.1, -0.05) is 12.1 Å². The first kappa shape index (κ1) is 11.2. The van der Waals surface area contributed by atoms with Crippen molar-refractivity contribution in [1.82, 2.24) is 10.3 Å². The number of amides is 2. The minimum Gasteiger partial charge on any atom is -0.368 e. The number of hydrogen-bond donors (Lipinski definition) is 3. The lowest BCUT2D eigenvalue weighted by atomic mass is 10.1. The van der Waals surface area contributed by atoms with E-state index >= 15 is 0 Å². The Morgan fingerprint density at radius 2 is 2.12 bits per heavy atom. The molecule has 0 aliphatic heterocycles. The van der Waals surface area contributed by atoms with Gasteiger partial charge in [-0.3, -0.25) is 9.59 Å². The number of aromatic nitrogens is 1. The predicted octanol–water partition coefficient (Wildman–Crippen LogP) is 0.772. The lowest BCUT2D eigenvalue weighted by molar-refractivity contribution is -0.119. The second kappa shape index (κ2) is 4.29. The summed E-state index contributed by atoms with van der Waals surface area (Å²) in [5, 5.41) is 3.49. The molecule has 0 spiro atoms. The smallest absolute Gasteiger partial charge is 0.254 e. The Hall–Kier alpha value is -2.30. The van der Waals surface area contributed by atoms with Crippen LogP contribution in [0.15, 0.2) is 30.5 Å². The first-order chi connectivity index (χ1) is 8.09. The Morgan fingerprint density at radius 3 is 2.82 bits per heavy atom. The Bertz CT molecular complexity index is 574. The zero-order chi connectivity index (χ0) is 12.4. The molecule has 0 saturated heterocycles. The van der Waals surface area contributed by atoms with Crippen LogP contribution < -0.4 is 11.1 Å². The van der Waals surface area contributed by atoms with Gasteiger partial charge in [0.2, 0.25) is 5.91 Å². The van der Waals surface area contributed by atoms with Crippen LogP contribution in [-0.4, -0.2) is 22.8 Å². The van der Waals surface area contributed by atoms with E-state index in [0.29, 0.717) is 5.56 Å². The Balaban J connectivity index is 2.30. The summed E-state index contributed by atoms with van der Waals surface area (Å²) < 4.78 is 0. The average Bonchev–Trinajstić information content (AvgIpc) is 2.76. The van der Waals surface area contributed by atoms with E-state index in [4.69, 9.17) is 5.73 Å². The van der Waals surface area contributed by atoms with Gasteiger partial charge in [0, 0.05) is 11.6 Å². The van der Waals surface area contributed by atoms with E-state index in [-0.39, 0.29) is 5.91 Å². The van der Waals surface area contributed by atoms with E-state index in [0.717, 1.165) is 10.9 Å². The molecule has 0 saturated carbocycles. The molecule has 1 heterocycles. The van der Waals surface area contributed by atoms with Crippen LogP contribution in [0.4, 0.5) is 0 Å². The third-order valence-electron chi connectivity index (χ3n) is 2.61. The number of H-pyrrole nitrogens is 1. The van der Waals surface area contributed by atoms with E-state index < -0.39 is 11.9 Å². The molecule has 4 N–H and O–H groups in total. The summed E-state index contributed by atoms with van der Waals surface area (Å²) in [4.78, 5) is 25.8. The van der Waals surface area contributed by atoms with Crippen molar-refractivity contribution in [3.8, 4) is 0 Å². The molecule has 0 fully saturated rings. The maximum absolute atomic E-state index is 11.9. The van der Waals surface area contributed by atoms with Gasteiger partial charge in [0.1, 0.15) is 6.04 Å². The van der Waals surface area contributed by atoms with Crippen molar-refractivity contribution in [3.05, 3.63) is 36.0 Å². The van der Waals surface area contributed by atoms with Gasteiger partial charge in [0.05, 0.1) is 11.1 Å². The number of aromatic amines is 1. The Labute approximate surface area is 98.0 Å². The molecule has 88 valence electrons.